The summed E-state index contributed by atoms with van der Waals surface area (Å²) in [4.78, 5) is 21.8. The van der Waals surface area contributed by atoms with E-state index in [1.807, 2.05) is 10.9 Å². The lowest BCUT2D eigenvalue weighted by Gasteiger charge is -1.99. The molecule has 0 aromatic rings. The molecular formula is C5H12N8O2. The van der Waals surface area contributed by atoms with Crippen LogP contribution in [0.2, 0.25) is 0 Å². The average molecular weight is 216 g/mol. The van der Waals surface area contributed by atoms with E-state index in [1.165, 1.54) is 0 Å². The van der Waals surface area contributed by atoms with Gasteiger partial charge in [0, 0.05) is 0 Å². The predicted molar refractivity (Wildman–Crippen MR) is 52.5 cm³/mol. The fourth-order valence-electron chi connectivity index (χ4n) is 0.479. The summed E-state index contributed by atoms with van der Waals surface area (Å²) in [6.07, 6.45) is -0.506. The van der Waals surface area contributed by atoms with Crippen LogP contribution in [0.3, 0.4) is 0 Å². The third kappa shape index (κ3) is 7.83. The van der Waals surface area contributed by atoms with E-state index < -0.39 is 18.2 Å². The van der Waals surface area contributed by atoms with E-state index >= 15 is 0 Å². The molecule has 84 valence electrons. The smallest absolute Gasteiger partial charge is 0.249 e. The fourth-order valence-corrected chi connectivity index (χ4v) is 0.479. The van der Waals surface area contributed by atoms with Gasteiger partial charge in [0.1, 0.15) is 6.42 Å². The average Bonchev–Trinajstić information content (AvgIpc) is 2.11. The van der Waals surface area contributed by atoms with Crippen molar-refractivity contribution >= 4 is 23.7 Å². The summed E-state index contributed by atoms with van der Waals surface area (Å²) in [6, 6.07) is 0. The maximum Gasteiger partial charge on any atom is 0.249 e. The number of nitrogens with zero attached hydrogens (tertiary/aromatic N) is 2. The van der Waals surface area contributed by atoms with Crippen molar-refractivity contribution in [3.05, 3.63) is 0 Å². The predicted octanol–water partition coefficient (Wildman–Crippen LogP) is -4.01. The third-order valence-corrected chi connectivity index (χ3v) is 0.941. The molecule has 10 heteroatoms. The zero-order chi connectivity index (χ0) is 11.8. The lowest BCUT2D eigenvalue weighted by Crippen LogP contribution is -2.33. The Morgan fingerprint density at radius 2 is 1.20 bits per heavy atom. The molecule has 0 rings (SSSR count). The minimum Gasteiger partial charge on any atom is -0.369 e. The maximum atomic E-state index is 10.9. The molecule has 0 unspecified atom stereocenters. The topological polar surface area (TPSA) is 187 Å². The Bertz CT molecular complexity index is 270. The third-order valence-electron chi connectivity index (χ3n) is 0.941. The summed E-state index contributed by atoms with van der Waals surface area (Å²) in [6.45, 7) is 0. The zero-order valence-corrected chi connectivity index (χ0v) is 7.73. The van der Waals surface area contributed by atoms with Crippen molar-refractivity contribution in [3.63, 3.8) is 0 Å². The Morgan fingerprint density at radius 1 is 0.867 bits per heavy atom. The zero-order valence-electron chi connectivity index (χ0n) is 7.73. The second-order valence-electron chi connectivity index (χ2n) is 2.32. The van der Waals surface area contributed by atoms with Crippen LogP contribution in [-0.2, 0) is 9.59 Å². The molecule has 10 nitrogen and oxygen atoms in total. The first-order valence-electron chi connectivity index (χ1n) is 3.66. The standard InChI is InChI=1S/C5H12N8O2/c6-4(7)12-10-2(14)1-3(15)11-13-5(8)9/h1H2,(H,10,14)(H,11,15)(H4,6,7,12)(H4,8,9,13). The van der Waals surface area contributed by atoms with Gasteiger partial charge >= 0.3 is 0 Å². The summed E-state index contributed by atoms with van der Waals surface area (Å²) in [5, 5.41) is 6.36. The molecule has 0 aromatic heterocycles. The van der Waals surface area contributed by atoms with Gasteiger partial charge < -0.3 is 22.9 Å². The van der Waals surface area contributed by atoms with Crippen molar-refractivity contribution in [1.29, 1.82) is 0 Å². The Balaban J connectivity index is 3.92. The number of hydrazone groups is 2. The van der Waals surface area contributed by atoms with Gasteiger partial charge in [-0.05, 0) is 0 Å². The van der Waals surface area contributed by atoms with Crippen LogP contribution >= 0.6 is 0 Å². The molecule has 0 radical (unpaired) electrons. The Morgan fingerprint density at radius 3 is 1.47 bits per heavy atom. The molecule has 0 aromatic carbocycles. The largest absolute Gasteiger partial charge is 0.369 e. The SMILES string of the molecule is NC(N)=NNC(=O)CC(=O)NN=C(N)N. The highest BCUT2D eigenvalue weighted by molar-refractivity contribution is 5.97. The van der Waals surface area contributed by atoms with Crippen LogP contribution in [0.1, 0.15) is 6.42 Å². The Kier molecular flexibility index (Phi) is 5.00. The first-order valence-corrected chi connectivity index (χ1v) is 3.66. The normalized spacial score (nSPS) is 8.53. The number of rotatable bonds is 4. The van der Waals surface area contributed by atoms with Crippen molar-refractivity contribution in [2.75, 3.05) is 0 Å². The number of nitrogens with one attached hydrogen (secondary N) is 2. The second kappa shape index (κ2) is 6.01. The summed E-state index contributed by atoms with van der Waals surface area (Å²) in [7, 11) is 0. The highest BCUT2D eigenvalue weighted by atomic mass is 16.2. The van der Waals surface area contributed by atoms with E-state index in [1.54, 1.807) is 0 Å². The number of hydrogen-bond donors (Lipinski definition) is 6. The summed E-state index contributed by atoms with van der Waals surface area (Å²) >= 11 is 0. The van der Waals surface area contributed by atoms with Crippen LogP contribution in [0, 0.1) is 0 Å². The number of hydrogen-bond acceptors (Lipinski definition) is 4. The van der Waals surface area contributed by atoms with Gasteiger partial charge in [-0.15, -0.1) is 10.2 Å². The molecule has 0 aliphatic carbocycles. The minimum atomic E-state index is -0.702. The van der Waals surface area contributed by atoms with E-state index in [9.17, 15) is 9.59 Å². The van der Waals surface area contributed by atoms with Crippen molar-refractivity contribution in [2.45, 2.75) is 6.42 Å². The molecule has 15 heavy (non-hydrogen) atoms. The van der Waals surface area contributed by atoms with Crippen LogP contribution < -0.4 is 33.8 Å². The highest BCUT2D eigenvalue weighted by Gasteiger charge is 2.07. The first-order chi connectivity index (χ1) is 6.91. The van der Waals surface area contributed by atoms with Crippen LogP contribution in [0.15, 0.2) is 10.2 Å². The first kappa shape index (κ1) is 12.5. The van der Waals surface area contributed by atoms with Crippen LogP contribution in [-0.4, -0.2) is 23.7 Å². The van der Waals surface area contributed by atoms with Crippen molar-refractivity contribution in [3.8, 4) is 0 Å². The van der Waals surface area contributed by atoms with Crippen molar-refractivity contribution in [2.24, 2.45) is 33.1 Å². The highest BCUT2D eigenvalue weighted by Crippen LogP contribution is 1.79. The number of amides is 2. The Labute approximate surface area is 84.7 Å². The molecule has 10 N–H and O–H groups in total. The van der Waals surface area contributed by atoms with Crippen LogP contribution in [0.5, 0.6) is 0 Å². The van der Waals surface area contributed by atoms with Crippen LogP contribution in [0.25, 0.3) is 0 Å². The lowest BCUT2D eigenvalue weighted by molar-refractivity contribution is -0.129. The lowest BCUT2D eigenvalue weighted by atomic mass is 10.4. The number of guanidine groups is 2. The molecule has 0 heterocycles. The monoisotopic (exact) mass is 216 g/mol. The number of carbonyl (C=O) groups excluding carboxylic acids is 2. The van der Waals surface area contributed by atoms with Crippen molar-refractivity contribution < 1.29 is 9.59 Å². The van der Waals surface area contributed by atoms with Gasteiger partial charge in [0.25, 0.3) is 0 Å². The molecule has 0 spiro atoms. The summed E-state index contributed by atoms with van der Waals surface area (Å²) in [5.74, 6) is -2.06. The van der Waals surface area contributed by atoms with E-state index in [2.05, 4.69) is 10.2 Å². The molecule has 0 bridgehead atoms. The molecule has 0 fully saturated rings. The molecule has 0 saturated carbocycles. The van der Waals surface area contributed by atoms with E-state index in [4.69, 9.17) is 22.9 Å². The molecule has 0 aliphatic heterocycles. The van der Waals surface area contributed by atoms with Crippen LogP contribution in [0.4, 0.5) is 0 Å². The quantitative estimate of drug-likeness (QED) is 0.120. The van der Waals surface area contributed by atoms with Crippen molar-refractivity contribution in [1.82, 2.24) is 10.9 Å². The molecule has 2 amide bonds. The summed E-state index contributed by atoms with van der Waals surface area (Å²) < 4.78 is 0. The molecule has 0 aliphatic rings. The van der Waals surface area contributed by atoms with Gasteiger partial charge in [0.05, 0.1) is 0 Å². The maximum absolute atomic E-state index is 10.9. The molecule has 0 saturated heterocycles. The fraction of sp³-hybridized carbons (Fsp3) is 0.200. The second-order valence-corrected chi connectivity index (χ2v) is 2.32. The van der Waals surface area contributed by atoms with E-state index in [0.717, 1.165) is 0 Å². The number of nitrogens with two attached hydrogens (primary N) is 4. The molecular weight excluding hydrogens is 204 g/mol. The van der Waals surface area contributed by atoms with Gasteiger partial charge in [-0.25, -0.2) is 10.9 Å². The Hall–Kier alpha value is -2.52. The van der Waals surface area contributed by atoms with Gasteiger partial charge in [-0.3, -0.25) is 9.59 Å². The van der Waals surface area contributed by atoms with Gasteiger partial charge in [0.2, 0.25) is 23.7 Å². The van der Waals surface area contributed by atoms with E-state index in [-0.39, 0.29) is 11.9 Å². The van der Waals surface area contributed by atoms with E-state index in [0.29, 0.717) is 0 Å². The number of carbonyl (C=O) groups is 2. The van der Waals surface area contributed by atoms with Gasteiger partial charge in [-0.1, -0.05) is 0 Å². The van der Waals surface area contributed by atoms with Gasteiger partial charge in [-0.2, -0.15) is 0 Å². The summed E-state index contributed by atoms with van der Waals surface area (Å²) in [5.41, 5.74) is 23.6. The van der Waals surface area contributed by atoms with Gasteiger partial charge in [0.15, 0.2) is 0 Å². The minimum absolute atomic E-state index is 0.326. The molecule has 0 atom stereocenters.